The van der Waals surface area contributed by atoms with Gasteiger partial charge in [0.05, 0.1) is 10.8 Å². The van der Waals surface area contributed by atoms with Crippen LogP contribution in [0.4, 0.5) is 0 Å². The number of methoxy groups -OCH3 is 2. The average molecular weight is 1200 g/mol. The van der Waals surface area contributed by atoms with Crippen molar-refractivity contribution in [2.45, 2.75) is 184 Å². The van der Waals surface area contributed by atoms with Gasteiger partial charge in [-0.3, -0.25) is 43.7 Å². The molecule has 468 valence electrons. The highest BCUT2D eigenvalue weighted by Crippen LogP contribution is 2.78. The molecule has 13 heteroatoms. The van der Waals surface area contributed by atoms with Crippen molar-refractivity contribution in [3.63, 3.8) is 0 Å². The van der Waals surface area contributed by atoms with Crippen LogP contribution in [0.25, 0.3) is 0 Å². The lowest BCUT2D eigenvalue weighted by molar-refractivity contribution is -0.178. The predicted molar refractivity (Wildman–Crippen MR) is 341 cm³/mol. The molecule has 0 saturated heterocycles. The fourth-order valence-corrected chi connectivity index (χ4v) is 20.1. The minimum atomic E-state index is -1.09. The number of fused-ring (bicyclic) bond motifs is 14. The van der Waals surface area contributed by atoms with Gasteiger partial charge in [0.25, 0.3) is 0 Å². The Morgan fingerprint density at radius 2 is 0.864 bits per heavy atom. The van der Waals surface area contributed by atoms with Gasteiger partial charge in [-0.25, -0.2) is 0 Å². The fourth-order valence-electron chi connectivity index (χ4n) is 20.1. The molecule has 14 atom stereocenters. The summed E-state index contributed by atoms with van der Waals surface area (Å²) in [5.74, 6) is -1.50. The van der Waals surface area contributed by atoms with Crippen molar-refractivity contribution in [1.29, 1.82) is 0 Å². The Morgan fingerprint density at radius 3 is 1.24 bits per heavy atom. The van der Waals surface area contributed by atoms with Crippen LogP contribution in [0.15, 0.2) is 135 Å². The summed E-state index contributed by atoms with van der Waals surface area (Å²) in [4.78, 5) is 91.5. The second-order valence-corrected chi connectivity index (χ2v) is 31.1. The molecule has 0 bridgehead atoms. The molecule has 0 radical (unpaired) electrons. The molecule has 2 aromatic rings. The first-order chi connectivity index (χ1) is 41.2. The van der Waals surface area contributed by atoms with Gasteiger partial charge in [-0.05, 0) is 208 Å². The number of hydrogen-bond acceptors (Lipinski definition) is 11. The van der Waals surface area contributed by atoms with Gasteiger partial charge >= 0.3 is 11.9 Å². The molecule has 12 rings (SSSR count). The number of aromatic nitrogens is 1. The van der Waals surface area contributed by atoms with Gasteiger partial charge in [0.1, 0.15) is 35.7 Å². The molecule has 0 unspecified atom stereocenters. The number of nitrogens with zero attached hydrogens (tertiary/aromatic N) is 3. The van der Waals surface area contributed by atoms with Crippen LogP contribution in [0, 0.1) is 66.0 Å². The Balaban J connectivity index is 0.000000182. The van der Waals surface area contributed by atoms with E-state index in [9.17, 15) is 39.0 Å². The minimum absolute atomic E-state index is 0.0674. The molecule has 6 saturated carbocycles. The second-order valence-electron chi connectivity index (χ2n) is 31.1. The largest absolute Gasteiger partial charge is 0.481 e. The highest BCUT2D eigenvalue weighted by atomic mass is 16.5. The molecule has 2 N–H and O–H groups in total. The van der Waals surface area contributed by atoms with Gasteiger partial charge in [-0.1, -0.05) is 121 Å². The van der Waals surface area contributed by atoms with E-state index in [2.05, 4.69) is 94.7 Å². The smallest absolute Gasteiger partial charge is 0.309 e. The van der Waals surface area contributed by atoms with Crippen molar-refractivity contribution in [3.8, 4) is 0 Å². The molecule has 1 heterocycles. The number of rotatable bonds is 10. The van der Waals surface area contributed by atoms with Crippen LogP contribution in [0.2, 0.25) is 0 Å². The van der Waals surface area contributed by atoms with E-state index in [1.165, 1.54) is 11.1 Å². The number of carboxylic acid groups (broad SMARTS) is 2. The zero-order valence-corrected chi connectivity index (χ0v) is 54.6. The number of benzene rings is 1. The summed E-state index contributed by atoms with van der Waals surface area (Å²) in [6.07, 6.45) is 28.1. The third-order valence-electron chi connectivity index (χ3n) is 26.9. The summed E-state index contributed by atoms with van der Waals surface area (Å²) in [6.45, 7) is 26.4. The second kappa shape index (κ2) is 21.1. The van der Waals surface area contributed by atoms with Crippen molar-refractivity contribution in [1.82, 2.24) is 4.98 Å². The number of ketones is 4. The van der Waals surface area contributed by atoms with Gasteiger partial charge < -0.3 is 19.7 Å². The van der Waals surface area contributed by atoms with E-state index in [0.29, 0.717) is 35.8 Å². The van der Waals surface area contributed by atoms with Crippen molar-refractivity contribution in [2.24, 2.45) is 76.0 Å². The number of pyridine rings is 1. The molecule has 10 aliphatic rings. The summed E-state index contributed by atoms with van der Waals surface area (Å²) >= 11 is 0. The molecule has 6 fully saturated rings. The Bertz CT molecular complexity index is 3370. The van der Waals surface area contributed by atoms with Crippen LogP contribution in [0.3, 0.4) is 0 Å². The van der Waals surface area contributed by atoms with Gasteiger partial charge in [0.2, 0.25) is 11.6 Å². The van der Waals surface area contributed by atoms with E-state index in [1.54, 1.807) is 63.0 Å². The molecule has 88 heavy (non-hydrogen) atoms. The molecule has 0 amide bonds. The van der Waals surface area contributed by atoms with Crippen molar-refractivity contribution < 1.29 is 48.5 Å². The Labute approximate surface area is 520 Å². The zero-order valence-electron chi connectivity index (χ0n) is 54.6. The lowest BCUT2D eigenvalue weighted by Gasteiger charge is -2.70. The van der Waals surface area contributed by atoms with Crippen LogP contribution >= 0.6 is 0 Å². The molecule has 0 aliphatic heterocycles. The highest BCUT2D eigenvalue weighted by molar-refractivity contribution is 6.49. The van der Waals surface area contributed by atoms with E-state index < -0.39 is 34.0 Å². The van der Waals surface area contributed by atoms with Crippen LogP contribution in [0.1, 0.15) is 194 Å². The normalized spacial score (nSPS) is 42.2. The molecule has 1 aromatic carbocycles. The van der Waals surface area contributed by atoms with Gasteiger partial charge in [-0.15, -0.1) is 0 Å². The molecule has 10 aliphatic carbocycles. The van der Waals surface area contributed by atoms with Gasteiger partial charge in [0.15, 0.2) is 11.6 Å². The molecule has 13 nitrogen and oxygen atoms in total. The summed E-state index contributed by atoms with van der Waals surface area (Å²) in [5, 5.41) is 20.4. The van der Waals surface area contributed by atoms with Gasteiger partial charge in [-0.2, -0.15) is 0 Å². The average Bonchev–Trinajstić information content (AvgIpc) is 0.684. The molecule has 1 aromatic heterocycles. The predicted octanol–water partition coefficient (Wildman–Crippen LogP) is 14.6. The van der Waals surface area contributed by atoms with E-state index >= 15 is 0 Å². The van der Waals surface area contributed by atoms with Crippen molar-refractivity contribution in [3.05, 3.63) is 136 Å². The standard InChI is InChI=1S/C38H47NO5.C37H46N2O5/c1-33-15-16-34(2,32(42)43)22-30(33)37(5)20-18-35(3)26-21-27(40)31(39-23-28(41)24-11-9-8-10-12-24)38(6,44-7)25(26)13-14-29(35)36(37,4)19-17-33;1-32-12-13-33(2,31(42)43)21-29(32)36(5)17-15-34(3)25-20-26(40)30(39-22-27(41)23-10-18-38-19-11-23)37(6,44-7)24(25)8-9-28(34)35(36,4)16-14-32/h8-14,21,30H,15-20,22-23H2,1-7H3,(H,42,43);8-11,18-20,29H,12-17,21-22H2,1-7H3,(H,42,43)/t30-,33-,34-,35+,36-,37+,38+;29-,32-,33-,34+,35-,36+,37+/m11/s1. The number of carboxylic acids is 2. The maximum atomic E-state index is 13.9. The maximum absolute atomic E-state index is 13.9. The molecular weight excluding hydrogens is 1100 g/mol. The fraction of sp³-hybridized carbons (Fsp3) is 0.587. The number of carbonyl (C=O) groups excluding carboxylic acids is 4. The molecule has 0 spiro atoms. The topological polar surface area (TPSA) is 199 Å². The van der Waals surface area contributed by atoms with Crippen LogP contribution in [-0.2, 0) is 28.7 Å². The number of hydrogen-bond donors (Lipinski definition) is 2. The third-order valence-corrected chi connectivity index (χ3v) is 26.9. The highest BCUT2D eigenvalue weighted by Gasteiger charge is 2.70. The monoisotopic (exact) mass is 1200 g/mol. The molecular formula is C75H93N3O10. The Kier molecular flexibility index (Phi) is 15.2. The number of ether oxygens (including phenoxy) is 2. The first-order valence-electron chi connectivity index (χ1n) is 32.3. The van der Waals surface area contributed by atoms with Crippen molar-refractivity contribution in [2.75, 3.05) is 27.3 Å². The summed E-state index contributed by atoms with van der Waals surface area (Å²) in [6, 6.07) is 12.3. The van der Waals surface area contributed by atoms with Crippen molar-refractivity contribution >= 4 is 46.5 Å². The van der Waals surface area contributed by atoms with E-state index in [0.717, 1.165) is 99.3 Å². The first-order valence-corrected chi connectivity index (χ1v) is 32.3. The summed E-state index contributed by atoms with van der Waals surface area (Å²) in [7, 11) is 3.21. The number of allylic oxidation sites excluding steroid dienone is 8. The van der Waals surface area contributed by atoms with Crippen LogP contribution in [-0.4, -0.2) is 100 Å². The quantitative estimate of drug-likeness (QED) is 0.215. The summed E-state index contributed by atoms with van der Waals surface area (Å²) in [5.41, 5.74) is 3.61. The lowest BCUT2D eigenvalue weighted by Crippen LogP contribution is -2.62. The Hall–Kier alpha value is -6.31. The number of Topliss-reactive ketones (excluding diaryl/α,β-unsaturated/α-hetero) is 2. The maximum Gasteiger partial charge on any atom is 0.309 e. The van der Waals surface area contributed by atoms with Crippen LogP contribution < -0.4 is 0 Å². The van der Waals surface area contributed by atoms with E-state index in [4.69, 9.17) is 9.47 Å². The van der Waals surface area contributed by atoms with E-state index in [-0.39, 0.29) is 91.0 Å². The third kappa shape index (κ3) is 9.04. The van der Waals surface area contributed by atoms with E-state index in [1.807, 2.05) is 45.9 Å². The minimum Gasteiger partial charge on any atom is -0.481 e. The van der Waals surface area contributed by atoms with Gasteiger partial charge in [0, 0.05) is 48.6 Å². The lowest BCUT2D eigenvalue weighted by atomic mass is 9.34. The summed E-state index contributed by atoms with van der Waals surface area (Å²) < 4.78 is 12.2. The number of carbonyl (C=O) groups is 6. The SMILES string of the molecule is CO[C@@]1(C)C2=CC=C3[C@@](C)(CC[C@@]4(C)[C@@H]5C[C@](C)(C(=O)O)CC[C@]5(C)CC[C@]34C)C2=CC(=O)C1=NCC(=O)c1ccccc1.CO[C@@]1(C)C2=CC=C3[C@@](C)(CC[C@@]4(C)[C@@H]5C[C@](C)(C(=O)O)CC[C@]5(C)CC[C@]34C)C2=CC(=O)C1=NCC(=O)c1ccncc1. The first kappa shape index (κ1) is 63.3. The van der Waals surface area contributed by atoms with Crippen LogP contribution in [0.5, 0.6) is 0 Å². The number of aliphatic carboxylic acids is 2. The zero-order chi connectivity index (χ0) is 63.8. The number of aliphatic imine (C=N–C) groups is 2. The Morgan fingerprint density at radius 1 is 0.489 bits per heavy atom.